The maximum atomic E-state index is 12.6. The second kappa shape index (κ2) is 6.38. The normalized spacial score (nSPS) is 23.9. The van der Waals surface area contributed by atoms with Gasteiger partial charge in [-0.15, -0.1) is 0 Å². The Morgan fingerprint density at radius 2 is 2.22 bits per heavy atom. The van der Waals surface area contributed by atoms with Crippen molar-refractivity contribution in [2.45, 2.75) is 39.0 Å². The Morgan fingerprint density at radius 3 is 2.94 bits per heavy atom. The van der Waals surface area contributed by atoms with E-state index < -0.39 is 0 Å². The van der Waals surface area contributed by atoms with Gasteiger partial charge in [-0.2, -0.15) is 0 Å². The van der Waals surface area contributed by atoms with Crippen LogP contribution in [0.2, 0.25) is 5.02 Å². The number of carbonyl (C=O) groups excluding carboxylic acids is 1. The van der Waals surface area contributed by atoms with Gasteiger partial charge >= 0.3 is 0 Å². The minimum absolute atomic E-state index is 0.204. The first-order chi connectivity index (χ1) is 8.61. The fourth-order valence-corrected chi connectivity index (χ4v) is 3.58. The van der Waals surface area contributed by atoms with E-state index >= 15 is 0 Å². The molecule has 0 aromatic heterocycles. The van der Waals surface area contributed by atoms with Crippen LogP contribution in [0.15, 0.2) is 18.2 Å². The summed E-state index contributed by atoms with van der Waals surface area (Å²) in [4.78, 5) is 12.6. The van der Waals surface area contributed by atoms with Crippen LogP contribution in [-0.2, 0) is 0 Å². The lowest BCUT2D eigenvalue weighted by Crippen LogP contribution is -2.23. The minimum atomic E-state index is 0.204. The summed E-state index contributed by atoms with van der Waals surface area (Å²) < 4.78 is 1.01. The van der Waals surface area contributed by atoms with Gasteiger partial charge in [0, 0.05) is 20.1 Å². The van der Waals surface area contributed by atoms with Gasteiger partial charge in [-0.05, 0) is 59.5 Å². The maximum absolute atomic E-state index is 12.6. The van der Waals surface area contributed by atoms with Crippen molar-refractivity contribution in [1.82, 2.24) is 0 Å². The molecule has 2 atom stereocenters. The molecule has 18 heavy (non-hydrogen) atoms. The van der Waals surface area contributed by atoms with Crippen molar-refractivity contribution < 1.29 is 4.79 Å². The highest BCUT2D eigenvalue weighted by molar-refractivity contribution is 14.1. The summed E-state index contributed by atoms with van der Waals surface area (Å²) in [6.45, 7) is 2.22. The lowest BCUT2D eigenvalue weighted by molar-refractivity contribution is 0.0861. The van der Waals surface area contributed by atoms with Crippen LogP contribution in [0, 0.1) is 15.4 Å². The number of benzene rings is 1. The van der Waals surface area contributed by atoms with Gasteiger partial charge in [-0.3, -0.25) is 4.79 Å². The summed E-state index contributed by atoms with van der Waals surface area (Å²) in [5.74, 6) is 1.22. The Bertz CT molecular complexity index is 444. The van der Waals surface area contributed by atoms with Crippen molar-refractivity contribution in [3.63, 3.8) is 0 Å². The fourth-order valence-electron chi connectivity index (χ4n) is 2.81. The van der Waals surface area contributed by atoms with Crippen LogP contribution in [0.4, 0.5) is 0 Å². The van der Waals surface area contributed by atoms with Crippen LogP contribution in [0.3, 0.4) is 0 Å². The molecule has 0 saturated heterocycles. The predicted molar refractivity (Wildman–Crippen MR) is 84.2 cm³/mol. The Balaban J connectivity index is 2.17. The van der Waals surface area contributed by atoms with Gasteiger partial charge in [-0.1, -0.05) is 37.8 Å². The van der Waals surface area contributed by atoms with E-state index in [4.69, 9.17) is 11.6 Å². The second-order valence-electron chi connectivity index (χ2n) is 5.13. The van der Waals surface area contributed by atoms with Crippen molar-refractivity contribution in [2.75, 3.05) is 0 Å². The minimum Gasteiger partial charge on any atom is -0.294 e. The van der Waals surface area contributed by atoms with Crippen molar-refractivity contribution in [1.29, 1.82) is 0 Å². The van der Waals surface area contributed by atoms with Crippen LogP contribution >= 0.6 is 34.2 Å². The molecule has 0 spiro atoms. The van der Waals surface area contributed by atoms with Gasteiger partial charge in [0.1, 0.15) is 0 Å². The van der Waals surface area contributed by atoms with Gasteiger partial charge in [0.25, 0.3) is 0 Å². The third kappa shape index (κ3) is 3.27. The van der Waals surface area contributed by atoms with Gasteiger partial charge in [0.05, 0.1) is 0 Å². The molecular weight excluding hydrogens is 359 g/mol. The molecule has 0 aliphatic heterocycles. The molecule has 0 N–H and O–H groups in total. The van der Waals surface area contributed by atoms with Crippen LogP contribution in [0.5, 0.6) is 0 Å². The third-order valence-corrected chi connectivity index (χ3v) is 5.10. The number of carbonyl (C=O) groups is 1. The first-order valence-corrected chi connectivity index (χ1v) is 8.06. The molecule has 1 aliphatic rings. The molecule has 0 bridgehead atoms. The van der Waals surface area contributed by atoms with Crippen LogP contribution in [-0.4, -0.2) is 5.78 Å². The zero-order valence-corrected chi connectivity index (χ0v) is 13.5. The molecule has 2 rings (SSSR count). The van der Waals surface area contributed by atoms with E-state index in [0.717, 1.165) is 27.9 Å². The Labute approximate surface area is 127 Å². The molecule has 0 heterocycles. The van der Waals surface area contributed by atoms with E-state index in [2.05, 4.69) is 29.5 Å². The molecule has 3 heteroatoms. The Kier molecular flexibility index (Phi) is 5.07. The molecule has 1 nitrogen and oxygen atoms in total. The number of hydrogen-bond acceptors (Lipinski definition) is 1. The van der Waals surface area contributed by atoms with Crippen LogP contribution in [0.25, 0.3) is 0 Å². The highest BCUT2D eigenvalue weighted by atomic mass is 127. The molecule has 2 unspecified atom stereocenters. The standard InChI is InChI=1S/C15H18ClIO/c1-2-10-4-3-5-11(8-10)15(18)13-9-12(16)6-7-14(13)17/h6-7,9-11H,2-5,8H2,1H3. The number of Topliss-reactive ketones (excluding diaryl/α,β-unsaturated/α-hetero) is 1. The Hall–Kier alpha value is -0.0900. The summed E-state index contributed by atoms with van der Waals surface area (Å²) in [6.07, 6.45) is 5.76. The molecule has 0 amide bonds. The summed E-state index contributed by atoms with van der Waals surface area (Å²) in [5.41, 5.74) is 0.810. The van der Waals surface area contributed by atoms with E-state index in [0.29, 0.717) is 10.8 Å². The first-order valence-electron chi connectivity index (χ1n) is 6.61. The molecule has 1 fully saturated rings. The lowest BCUT2D eigenvalue weighted by atomic mass is 9.77. The van der Waals surface area contributed by atoms with E-state index in [-0.39, 0.29) is 5.92 Å². The molecule has 0 radical (unpaired) electrons. The summed E-state index contributed by atoms with van der Waals surface area (Å²) in [5, 5.41) is 0.654. The third-order valence-electron chi connectivity index (χ3n) is 3.92. The van der Waals surface area contributed by atoms with Gasteiger partial charge in [-0.25, -0.2) is 0 Å². The van der Waals surface area contributed by atoms with Crippen LogP contribution in [0.1, 0.15) is 49.4 Å². The van der Waals surface area contributed by atoms with E-state index in [9.17, 15) is 4.79 Å². The zero-order valence-electron chi connectivity index (χ0n) is 10.6. The van der Waals surface area contributed by atoms with Gasteiger partial charge in [0.2, 0.25) is 0 Å². The average Bonchev–Trinajstić information content (AvgIpc) is 2.41. The van der Waals surface area contributed by atoms with Crippen LogP contribution < -0.4 is 0 Å². The highest BCUT2D eigenvalue weighted by Gasteiger charge is 2.28. The monoisotopic (exact) mass is 376 g/mol. The van der Waals surface area contributed by atoms with Gasteiger partial charge in [0.15, 0.2) is 5.78 Å². The SMILES string of the molecule is CCC1CCCC(C(=O)c2cc(Cl)ccc2I)C1. The number of ketones is 1. The summed E-state index contributed by atoms with van der Waals surface area (Å²) in [7, 11) is 0. The maximum Gasteiger partial charge on any atom is 0.167 e. The smallest absolute Gasteiger partial charge is 0.167 e. The van der Waals surface area contributed by atoms with Crippen molar-refractivity contribution in [2.24, 2.45) is 11.8 Å². The number of hydrogen-bond donors (Lipinski definition) is 0. The van der Waals surface area contributed by atoms with E-state index in [1.54, 1.807) is 0 Å². The lowest BCUT2D eigenvalue weighted by Gasteiger charge is -2.27. The van der Waals surface area contributed by atoms with Crippen molar-refractivity contribution in [3.8, 4) is 0 Å². The van der Waals surface area contributed by atoms with E-state index in [1.807, 2.05) is 18.2 Å². The molecule has 1 aliphatic carbocycles. The van der Waals surface area contributed by atoms with Gasteiger partial charge < -0.3 is 0 Å². The quantitative estimate of drug-likeness (QED) is 0.514. The predicted octanol–water partition coefficient (Wildman–Crippen LogP) is 5.34. The Morgan fingerprint density at radius 1 is 1.44 bits per heavy atom. The number of halogens is 2. The topological polar surface area (TPSA) is 17.1 Å². The second-order valence-corrected chi connectivity index (χ2v) is 6.72. The summed E-state index contributed by atoms with van der Waals surface area (Å²) >= 11 is 8.22. The molecule has 98 valence electrons. The van der Waals surface area contributed by atoms with Crippen molar-refractivity contribution >= 4 is 40.0 Å². The molecule has 1 saturated carbocycles. The number of rotatable bonds is 3. The largest absolute Gasteiger partial charge is 0.294 e. The average molecular weight is 377 g/mol. The first kappa shape index (κ1) is 14.3. The molecule has 1 aromatic rings. The molecular formula is C15H18ClIO. The highest BCUT2D eigenvalue weighted by Crippen LogP contribution is 2.34. The summed E-state index contributed by atoms with van der Waals surface area (Å²) in [6, 6.07) is 5.59. The van der Waals surface area contributed by atoms with Crippen molar-refractivity contribution in [3.05, 3.63) is 32.4 Å². The van der Waals surface area contributed by atoms with E-state index in [1.165, 1.54) is 19.3 Å². The fraction of sp³-hybridized carbons (Fsp3) is 0.533. The zero-order chi connectivity index (χ0) is 13.1. The molecule has 1 aromatic carbocycles.